The third kappa shape index (κ3) is 3.23. The van der Waals surface area contributed by atoms with Gasteiger partial charge in [-0.3, -0.25) is 4.79 Å². The van der Waals surface area contributed by atoms with E-state index in [0.29, 0.717) is 6.42 Å². The van der Waals surface area contributed by atoms with E-state index in [9.17, 15) is 13.6 Å². The number of anilines is 1. The minimum absolute atomic E-state index is 0.185. The molecule has 1 heterocycles. The second kappa shape index (κ2) is 5.23. The average Bonchev–Trinajstić information content (AvgIpc) is 2.76. The van der Waals surface area contributed by atoms with Crippen molar-refractivity contribution in [2.45, 2.75) is 25.3 Å². The zero-order chi connectivity index (χ0) is 12.3. The molecule has 1 aliphatic heterocycles. The van der Waals surface area contributed by atoms with Crippen LogP contribution in [0.3, 0.4) is 0 Å². The molecule has 0 aliphatic carbocycles. The van der Waals surface area contributed by atoms with Crippen LogP contribution in [-0.2, 0) is 4.79 Å². The fourth-order valence-electron chi connectivity index (χ4n) is 1.94. The van der Waals surface area contributed by atoms with E-state index in [4.69, 9.17) is 0 Å². The predicted molar refractivity (Wildman–Crippen MR) is 60.6 cm³/mol. The highest BCUT2D eigenvalue weighted by Crippen LogP contribution is 2.14. The summed E-state index contributed by atoms with van der Waals surface area (Å²) in [5.74, 6) is -2.06. The van der Waals surface area contributed by atoms with E-state index in [-0.39, 0.29) is 17.6 Å². The van der Waals surface area contributed by atoms with Gasteiger partial charge in [-0.05, 0) is 31.5 Å². The lowest BCUT2D eigenvalue weighted by Crippen LogP contribution is -2.27. The molecule has 1 saturated heterocycles. The number of hydrogen-bond donors (Lipinski definition) is 2. The van der Waals surface area contributed by atoms with Crippen LogP contribution in [0.2, 0.25) is 0 Å². The van der Waals surface area contributed by atoms with Crippen LogP contribution in [0.1, 0.15) is 19.3 Å². The molecule has 0 radical (unpaired) electrons. The molecule has 1 unspecified atom stereocenters. The van der Waals surface area contributed by atoms with Crippen LogP contribution in [0.15, 0.2) is 18.2 Å². The van der Waals surface area contributed by atoms with Crippen molar-refractivity contribution in [1.82, 2.24) is 5.32 Å². The van der Waals surface area contributed by atoms with Gasteiger partial charge in [-0.25, -0.2) is 8.78 Å². The molecule has 92 valence electrons. The maximum atomic E-state index is 12.9. The molecule has 0 saturated carbocycles. The maximum absolute atomic E-state index is 12.9. The predicted octanol–water partition coefficient (Wildman–Crippen LogP) is 2.05. The molecule has 0 bridgehead atoms. The quantitative estimate of drug-likeness (QED) is 0.849. The first-order valence-electron chi connectivity index (χ1n) is 5.63. The smallest absolute Gasteiger partial charge is 0.225 e. The Bertz CT molecular complexity index is 417. The second-order valence-electron chi connectivity index (χ2n) is 4.17. The number of rotatable bonds is 3. The topological polar surface area (TPSA) is 41.1 Å². The second-order valence-corrected chi connectivity index (χ2v) is 4.17. The van der Waals surface area contributed by atoms with Crippen molar-refractivity contribution in [3.63, 3.8) is 0 Å². The Labute approximate surface area is 98.2 Å². The van der Waals surface area contributed by atoms with E-state index in [2.05, 4.69) is 10.6 Å². The first-order chi connectivity index (χ1) is 8.15. The molecule has 2 N–H and O–H groups in total. The standard InChI is InChI=1S/C12H14F2N2O/c13-10-4-3-9(6-11(10)14)16-12(17)7-8-2-1-5-15-8/h3-4,6,8,15H,1-2,5,7H2,(H,16,17). The summed E-state index contributed by atoms with van der Waals surface area (Å²) in [4.78, 5) is 11.6. The fourth-order valence-corrected chi connectivity index (χ4v) is 1.94. The minimum Gasteiger partial charge on any atom is -0.326 e. The Morgan fingerprint density at radius 1 is 1.41 bits per heavy atom. The van der Waals surface area contributed by atoms with E-state index in [1.807, 2.05) is 0 Å². The zero-order valence-corrected chi connectivity index (χ0v) is 9.30. The van der Waals surface area contributed by atoms with Gasteiger partial charge in [-0.15, -0.1) is 0 Å². The molecular weight excluding hydrogens is 226 g/mol. The highest BCUT2D eigenvalue weighted by atomic mass is 19.2. The van der Waals surface area contributed by atoms with Gasteiger partial charge in [0, 0.05) is 24.2 Å². The molecule has 3 nitrogen and oxygen atoms in total. The van der Waals surface area contributed by atoms with E-state index in [1.54, 1.807) is 0 Å². The largest absolute Gasteiger partial charge is 0.326 e. The number of carbonyl (C=O) groups is 1. The number of benzene rings is 1. The summed E-state index contributed by atoms with van der Waals surface area (Å²) in [5.41, 5.74) is 0.284. The third-order valence-electron chi connectivity index (χ3n) is 2.80. The third-order valence-corrected chi connectivity index (χ3v) is 2.80. The molecule has 1 atom stereocenters. The van der Waals surface area contributed by atoms with Gasteiger partial charge in [0.25, 0.3) is 0 Å². The molecule has 0 spiro atoms. The summed E-state index contributed by atoms with van der Waals surface area (Å²) in [5, 5.41) is 5.75. The number of carbonyl (C=O) groups excluding carboxylic acids is 1. The first kappa shape index (κ1) is 12.0. The Kier molecular flexibility index (Phi) is 3.68. The van der Waals surface area contributed by atoms with Gasteiger partial charge >= 0.3 is 0 Å². The van der Waals surface area contributed by atoms with Crippen molar-refractivity contribution in [2.75, 3.05) is 11.9 Å². The summed E-state index contributed by atoms with van der Waals surface area (Å²) in [6.07, 6.45) is 2.41. The molecule has 1 fully saturated rings. The van der Waals surface area contributed by atoms with Crippen LogP contribution in [0, 0.1) is 11.6 Å². The zero-order valence-electron chi connectivity index (χ0n) is 9.30. The lowest BCUT2D eigenvalue weighted by atomic mass is 10.1. The lowest BCUT2D eigenvalue weighted by molar-refractivity contribution is -0.116. The van der Waals surface area contributed by atoms with E-state index in [1.165, 1.54) is 6.07 Å². The number of nitrogens with one attached hydrogen (secondary N) is 2. The van der Waals surface area contributed by atoms with Gasteiger partial charge in [-0.2, -0.15) is 0 Å². The van der Waals surface area contributed by atoms with Crippen LogP contribution in [-0.4, -0.2) is 18.5 Å². The van der Waals surface area contributed by atoms with E-state index < -0.39 is 11.6 Å². The summed E-state index contributed by atoms with van der Waals surface area (Å²) >= 11 is 0. The average molecular weight is 240 g/mol. The van der Waals surface area contributed by atoms with Gasteiger partial charge in [0.1, 0.15) is 0 Å². The highest BCUT2D eigenvalue weighted by Gasteiger charge is 2.17. The van der Waals surface area contributed by atoms with Crippen LogP contribution in [0.4, 0.5) is 14.5 Å². The molecule has 17 heavy (non-hydrogen) atoms. The van der Waals surface area contributed by atoms with Crippen molar-refractivity contribution in [2.24, 2.45) is 0 Å². The van der Waals surface area contributed by atoms with Crippen molar-refractivity contribution in [3.8, 4) is 0 Å². The van der Waals surface area contributed by atoms with Crippen molar-refractivity contribution < 1.29 is 13.6 Å². The molecule has 5 heteroatoms. The van der Waals surface area contributed by atoms with Gasteiger partial charge < -0.3 is 10.6 Å². The SMILES string of the molecule is O=C(CC1CCCN1)Nc1ccc(F)c(F)c1. The van der Waals surface area contributed by atoms with Crippen LogP contribution in [0.5, 0.6) is 0 Å². The fraction of sp³-hybridized carbons (Fsp3) is 0.417. The Morgan fingerprint density at radius 3 is 2.88 bits per heavy atom. The molecule has 1 aromatic rings. The van der Waals surface area contributed by atoms with Crippen LogP contribution >= 0.6 is 0 Å². The maximum Gasteiger partial charge on any atom is 0.225 e. The highest BCUT2D eigenvalue weighted by molar-refractivity contribution is 5.91. The van der Waals surface area contributed by atoms with Crippen LogP contribution < -0.4 is 10.6 Å². The van der Waals surface area contributed by atoms with E-state index in [0.717, 1.165) is 31.5 Å². The monoisotopic (exact) mass is 240 g/mol. The molecule has 1 aliphatic rings. The Hall–Kier alpha value is -1.49. The molecule has 1 aromatic carbocycles. The molecule has 1 amide bonds. The normalized spacial score (nSPS) is 19.3. The minimum atomic E-state index is -0.957. The lowest BCUT2D eigenvalue weighted by Gasteiger charge is -2.10. The number of amides is 1. The Morgan fingerprint density at radius 2 is 2.24 bits per heavy atom. The summed E-state index contributed by atoms with van der Waals surface area (Å²) in [6, 6.07) is 3.52. The van der Waals surface area contributed by atoms with Gasteiger partial charge in [0.15, 0.2) is 11.6 Å². The number of hydrogen-bond acceptors (Lipinski definition) is 2. The number of halogens is 2. The van der Waals surface area contributed by atoms with Crippen molar-refractivity contribution >= 4 is 11.6 Å². The van der Waals surface area contributed by atoms with Gasteiger partial charge in [0.2, 0.25) is 5.91 Å². The van der Waals surface area contributed by atoms with Crippen LogP contribution in [0.25, 0.3) is 0 Å². The first-order valence-corrected chi connectivity index (χ1v) is 5.63. The molecule has 2 rings (SSSR count). The summed E-state index contributed by atoms with van der Waals surface area (Å²) < 4.78 is 25.6. The molecule has 0 aromatic heterocycles. The van der Waals surface area contributed by atoms with Gasteiger partial charge in [-0.1, -0.05) is 0 Å². The summed E-state index contributed by atoms with van der Waals surface area (Å²) in [7, 11) is 0. The summed E-state index contributed by atoms with van der Waals surface area (Å²) in [6.45, 7) is 0.934. The molecular formula is C12H14F2N2O. The van der Waals surface area contributed by atoms with Crippen molar-refractivity contribution in [3.05, 3.63) is 29.8 Å². The van der Waals surface area contributed by atoms with Gasteiger partial charge in [0.05, 0.1) is 0 Å². The Balaban J connectivity index is 1.90. The van der Waals surface area contributed by atoms with Crippen molar-refractivity contribution in [1.29, 1.82) is 0 Å². The van der Waals surface area contributed by atoms with E-state index >= 15 is 0 Å².